The number of likely N-dealkylation sites (tertiary alicyclic amines) is 1. The number of piperidine rings is 1. The summed E-state index contributed by atoms with van der Waals surface area (Å²) < 4.78 is 0. The molecule has 2 aromatic rings. The number of amides is 1. The molecule has 0 saturated carbocycles. The van der Waals surface area contributed by atoms with E-state index in [1.165, 1.54) is 48.4 Å². The molecule has 0 radical (unpaired) electrons. The lowest BCUT2D eigenvalue weighted by atomic mass is 10.1. The fraction of sp³-hybridized carbons (Fsp3) is 0.409. The van der Waals surface area contributed by atoms with E-state index >= 15 is 0 Å². The second kappa shape index (κ2) is 9.79. The third-order valence-electron chi connectivity index (χ3n) is 4.98. The lowest BCUT2D eigenvalue weighted by Gasteiger charge is -2.23. The van der Waals surface area contributed by atoms with Crippen LogP contribution in [0.15, 0.2) is 53.4 Å². The summed E-state index contributed by atoms with van der Waals surface area (Å²) in [6, 6.07) is 16.9. The van der Waals surface area contributed by atoms with Crippen molar-refractivity contribution in [3.63, 3.8) is 0 Å². The Labute approximate surface area is 161 Å². The quantitative estimate of drug-likeness (QED) is 0.736. The average molecular weight is 370 g/mol. The van der Waals surface area contributed by atoms with Gasteiger partial charge in [-0.3, -0.25) is 4.79 Å². The van der Waals surface area contributed by atoms with Crippen molar-refractivity contribution in [1.82, 2.24) is 5.32 Å². The summed E-state index contributed by atoms with van der Waals surface area (Å²) in [5, 5.41) is 3.02. The van der Waals surface area contributed by atoms with E-state index in [-0.39, 0.29) is 5.91 Å². The molecule has 1 fully saturated rings. The number of benzene rings is 2. The Kier molecular flexibility index (Phi) is 7.15. The maximum Gasteiger partial charge on any atom is 0.230 e. The van der Waals surface area contributed by atoms with Crippen molar-refractivity contribution >= 4 is 17.7 Å². The molecule has 0 bridgehead atoms. The van der Waals surface area contributed by atoms with Crippen LogP contribution in [-0.4, -0.2) is 24.7 Å². The van der Waals surface area contributed by atoms with Gasteiger partial charge in [0.1, 0.15) is 6.54 Å². The largest absolute Gasteiger partial charge is 0.351 e. The molecule has 3 rings (SSSR count). The molecule has 0 aromatic heterocycles. The van der Waals surface area contributed by atoms with Crippen molar-refractivity contribution in [2.24, 2.45) is 0 Å². The second-order valence-corrected chi connectivity index (χ2v) is 8.15. The molecule has 0 aliphatic carbocycles. The minimum atomic E-state index is 0.0834. The zero-order chi connectivity index (χ0) is 18.2. The number of rotatable bonds is 7. The van der Waals surface area contributed by atoms with Crippen LogP contribution in [0.4, 0.5) is 0 Å². The van der Waals surface area contributed by atoms with Crippen LogP contribution >= 0.6 is 11.8 Å². The fourth-order valence-electron chi connectivity index (χ4n) is 3.41. The minimum Gasteiger partial charge on any atom is -0.351 e. The molecule has 2 aromatic carbocycles. The van der Waals surface area contributed by atoms with Gasteiger partial charge < -0.3 is 10.2 Å². The summed E-state index contributed by atoms with van der Waals surface area (Å²) in [7, 11) is 0. The van der Waals surface area contributed by atoms with Gasteiger partial charge in [0.25, 0.3) is 0 Å². The highest BCUT2D eigenvalue weighted by Gasteiger charge is 2.13. The van der Waals surface area contributed by atoms with Crippen LogP contribution in [0.1, 0.15) is 36.0 Å². The Hall–Kier alpha value is -1.78. The number of nitrogens with one attached hydrogen (secondary N) is 2. The van der Waals surface area contributed by atoms with Gasteiger partial charge in [0, 0.05) is 17.0 Å². The maximum absolute atomic E-state index is 12.1. The molecular weight excluding hydrogens is 340 g/mol. The molecular formula is C22H29N2OS+. The van der Waals surface area contributed by atoms with Gasteiger partial charge in [-0.15, -0.1) is 11.8 Å². The number of carbonyl (C=O) groups is 1. The summed E-state index contributed by atoms with van der Waals surface area (Å²) in [6.45, 7) is 6.41. The van der Waals surface area contributed by atoms with E-state index in [1.807, 2.05) is 12.1 Å². The summed E-state index contributed by atoms with van der Waals surface area (Å²) in [5.41, 5.74) is 3.78. The Balaban J connectivity index is 1.41. The van der Waals surface area contributed by atoms with Gasteiger partial charge in [-0.2, -0.15) is 0 Å². The third-order valence-corrected chi connectivity index (χ3v) is 6.16. The summed E-state index contributed by atoms with van der Waals surface area (Å²) in [4.78, 5) is 15.0. The van der Waals surface area contributed by atoms with E-state index in [0.29, 0.717) is 12.3 Å². The van der Waals surface area contributed by atoms with E-state index in [0.717, 1.165) is 12.1 Å². The average Bonchev–Trinajstić information content (AvgIpc) is 2.68. The predicted octanol–water partition coefficient (Wildman–Crippen LogP) is 2.97. The molecule has 0 atom stereocenters. The van der Waals surface area contributed by atoms with Crippen LogP contribution in [0.25, 0.3) is 0 Å². The Morgan fingerprint density at radius 1 is 1.00 bits per heavy atom. The molecule has 4 heteroatoms. The standard InChI is InChI=1S/C22H28N2OS/c1-18-7-3-4-8-21(18)26-17-22(25)23-15-19-9-11-20(12-10-19)16-24-13-5-2-6-14-24/h3-4,7-12H,2,5-6,13-17H2,1H3,(H,23,25)/p+1. The summed E-state index contributed by atoms with van der Waals surface area (Å²) >= 11 is 1.60. The molecule has 1 amide bonds. The van der Waals surface area contributed by atoms with Gasteiger partial charge in [-0.1, -0.05) is 42.5 Å². The highest BCUT2D eigenvalue weighted by atomic mass is 32.2. The van der Waals surface area contributed by atoms with Crippen LogP contribution in [0.3, 0.4) is 0 Å². The minimum absolute atomic E-state index is 0.0834. The molecule has 1 heterocycles. The Bertz CT molecular complexity index is 708. The topological polar surface area (TPSA) is 33.5 Å². The van der Waals surface area contributed by atoms with Gasteiger partial charge >= 0.3 is 0 Å². The Morgan fingerprint density at radius 3 is 2.42 bits per heavy atom. The molecule has 26 heavy (non-hydrogen) atoms. The number of carbonyl (C=O) groups excluding carboxylic acids is 1. The lowest BCUT2D eigenvalue weighted by molar-refractivity contribution is -0.918. The Morgan fingerprint density at radius 2 is 1.69 bits per heavy atom. The molecule has 1 aliphatic rings. The first kappa shape index (κ1) is 19.0. The van der Waals surface area contributed by atoms with Crippen LogP contribution in [0.5, 0.6) is 0 Å². The number of aryl methyl sites for hydroxylation is 1. The van der Waals surface area contributed by atoms with E-state index in [9.17, 15) is 4.79 Å². The molecule has 1 saturated heterocycles. The monoisotopic (exact) mass is 369 g/mol. The lowest BCUT2D eigenvalue weighted by Crippen LogP contribution is -3.11. The zero-order valence-electron chi connectivity index (χ0n) is 15.6. The molecule has 2 N–H and O–H groups in total. The van der Waals surface area contributed by atoms with Gasteiger partial charge in [0.15, 0.2) is 0 Å². The van der Waals surface area contributed by atoms with Crippen molar-refractivity contribution in [3.8, 4) is 0 Å². The highest BCUT2D eigenvalue weighted by molar-refractivity contribution is 8.00. The molecule has 0 spiro atoms. The van der Waals surface area contributed by atoms with Crippen molar-refractivity contribution in [1.29, 1.82) is 0 Å². The van der Waals surface area contributed by atoms with E-state index in [4.69, 9.17) is 0 Å². The third kappa shape index (κ3) is 5.89. The van der Waals surface area contributed by atoms with Crippen LogP contribution in [0, 0.1) is 6.92 Å². The first-order valence-electron chi connectivity index (χ1n) is 9.57. The van der Waals surface area contributed by atoms with E-state index in [1.54, 1.807) is 16.7 Å². The van der Waals surface area contributed by atoms with Gasteiger partial charge in [-0.05, 0) is 43.4 Å². The second-order valence-electron chi connectivity index (χ2n) is 7.13. The van der Waals surface area contributed by atoms with Crippen LogP contribution in [-0.2, 0) is 17.9 Å². The molecule has 138 valence electrons. The fourth-order valence-corrected chi connectivity index (χ4v) is 4.26. The maximum atomic E-state index is 12.1. The van der Waals surface area contributed by atoms with Gasteiger partial charge in [0.05, 0.1) is 18.8 Å². The van der Waals surface area contributed by atoms with E-state index < -0.39 is 0 Å². The number of quaternary nitrogens is 1. The normalized spacial score (nSPS) is 15.0. The number of hydrogen-bond donors (Lipinski definition) is 2. The SMILES string of the molecule is Cc1ccccc1SCC(=O)NCc1ccc(C[NH+]2CCCCC2)cc1. The van der Waals surface area contributed by atoms with Crippen molar-refractivity contribution in [2.45, 2.75) is 44.2 Å². The van der Waals surface area contributed by atoms with Crippen LogP contribution in [0.2, 0.25) is 0 Å². The van der Waals surface area contributed by atoms with Gasteiger partial charge in [-0.25, -0.2) is 0 Å². The summed E-state index contributed by atoms with van der Waals surface area (Å²) in [6.07, 6.45) is 4.12. The van der Waals surface area contributed by atoms with Crippen molar-refractivity contribution in [2.75, 3.05) is 18.8 Å². The highest BCUT2D eigenvalue weighted by Crippen LogP contribution is 2.21. The predicted molar refractivity (Wildman–Crippen MR) is 108 cm³/mol. The first-order chi connectivity index (χ1) is 12.7. The van der Waals surface area contributed by atoms with Crippen LogP contribution < -0.4 is 10.2 Å². The molecule has 1 aliphatic heterocycles. The van der Waals surface area contributed by atoms with Crippen molar-refractivity contribution in [3.05, 3.63) is 65.2 Å². The smallest absolute Gasteiger partial charge is 0.230 e. The first-order valence-corrected chi connectivity index (χ1v) is 10.6. The number of hydrogen-bond acceptors (Lipinski definition) is 2. The molecule has 0 unspecified atom stereocenters. The van der Waals surface area contributed by atoms with Gasteiger partial charge in [0.2, 0.25) is 5.91 Å². The number of thioether (sulfide) groups is 1. The summed E-state index contributed by atoms with van der Waals surface area (Å²) in [5.74, 6) is 0.543. The van der Waals surface area contributed by atoms with E-state index in [2.05, 4.69) is 48.6 Å². The molecule has 3 nitrogen and oxygen atoms in total. The zero-order valence-corrected chi connectivity index (χ0v) is 16.4. The van der Waals surface area contributed by atoms with Crippen molar-refractivity contribution < 1.29 is 9.69 Å².